The lowest BCUT2D eigenvalue weighted by molar-refractivity contribution is 0.141. The van der Waals surface area contributed by atoms with Gasteiger partial charge in [-0.25, -0.2) is 4.39 Å². The molecule has 2 rings (SSSR count). The van der Waals surface area contributed by atoms with Gasteiger partial charge in [0.05, 0.1) is 0 Å². The first-order valence-corrected chi connectivity index (χ1v) is 9.44. The molecule has 25 heavy (non-hydrogen) atoms. The molecule has 0 radical (unpaired) electrons. The van der Waals surface area contributed by atoms with Crippen LogP contribution in [0.15, 0.2) is 29.3 Å². The molecule has 0 spiro atoms. The molecular weight excluding hydrogens is 317 g/mol. The standard InChI is InChI=1S/C20H32FN3O/c1-3-22-19(23-14-10-17-8-4-5-9-18(17)21)24-16-20(13-15-25-2)11-6-7-12-20/h4-5,8-9H,3,6-7,10-16H2,1-2H3,(H2,22,23,24). The van der Waals surface area contributed by atoms with Crippen LogP contribution < -0.4 is 10.6 Å². The maximum Gasteiger partial charge on any atom is 0.191 e. The quantitative estimate of drug-likeness (QED) is 0.530. The smallest absolute Gasteiger partial charge is 0.191 e. The van der Waals surface area contributed by atoms with Crippen LogP contribution in [-0.4, -0.2) is 39.3 Å². The van der Waals surface area contributed by atoms with Gasteiger partial charge in [0.25, 0.3) is 0 Å². The summed E-state index contributed by atoms with van der Waals surface area (Å²) in [6.45, 7) is 5.16. The number of methoxy groups -OCH3 is 1. The van der Waals surface area contributed by atoms with Crippen LogP contribution in [0.5, 0.6) is 0 Å². The van der Waals surface area contributed by atoms with Crippen molar-refractivity contribution in [3.05, 3.63) is 35.6 Å². The fourth-order valence-electron chi connectivity index (χ4n) is 3.54. The second-order valence-corrected chi connectivity index (χ2v) is 6.91. The third-order valence-corrected chi connectivity index (χ3v) is 5.06. The summed E-state index contributed by atoms with van der Waals surface area (Å²) in [5, 5.41) is 6.63. The predicted octanol–water partition coefficient (Wildman–Crippen LogP) is 3.52. The van der Waals surface area contributed by atoms with Crippen molar-refractivity contribution >= 4 is 5.96 Å². The Morgan fingerprint density at radius 2 is 2.00 bits per heavy atom. The lowest BCUT2D eigenvalue weighted by Crippen LogP contribution is -2.39. The average molecular weight is 349 g/mol. The van der Waals surface area contributed by atoms with Gasteiger partial charge in [-0.15, -0.1) is 0 Å². The van der Waals surface area contributed by atoms with Crippen molar-refractivity contribution in [2.45, 2.75) is 45.4 Å². The molecule has 140 valence electrons. The van der Waals surface area contributed by atoms with Crippen molar-refractivity contribution in [2.24, 2.45) is 10.4 Å². The van der Waals surface area contributed by atoms with E-state index in [4.69, 9.17) is 9.73 Å². The molecule has 0 aliphatic heterocycles. The van der Waals surface area contributed by atoms with Gasteiger partial charge >= 0.3 is 0 Å². The minimum atomic E-state index is -0.143. The molecule has 0 heterocycles. The Bertz CT molecular complexity index is 541. The van der Waals surface area contributed by atoms with Crippen LogP contribution in [0.4, 0.5) is 4.39 Å². The van der Waals surface area contributed by atoms with Crippen LogP contribution in [0.1, 0.15) is 44.6 Å². The zero-order valence-electron chi connectivity index (χ0n) is 15.6. The number of guanidine groups is 1. The molecule has 1 aromatic rings. The fourth-order valence-corrected chi connectivity index (χ4v) is 3.54. The second kappa shape index (κ2) is 10.4. The van der Waals surface area contributed by atoms with Crippen LogP contribution >= 0.6 is 0 Å². The van der Waals surface area contributed by atoms with Crippen LogP contribution in [0.2, 0.25) is 0 Å². The number of hydrogen-bond donors (Lipinski definition) is 2. The highest BCUT2D eigenvalue weighted by Gasteiger charge is 2.33. The molecular formula is C20H32FN3O. The highest BCUT2D eigenvalue weighted by Crippen LogP contribution is 2.41. The Balaban J connectivity index is 1.89. The van der Waals surface area contributed by atoms with Gasteiger partial charge < -0.3 is 15.4 Å². The van der Waals surface area contributed by atoms with E-state index in [1.165, 1.54) is 31.7 Å². The van der Waals surface area contributed by atoms with Gasteiger partial charge in [0, 0.05) is 33.4 Å². The zero-order valence-corrected chi connectivity index (χ0v) is 15.6. The first kappa shape index (κ1) is 19.7. The first-order valence-electron chi connectivity index (χ1n) is 9.44. The number of ether oxygens (including phenoxy) is 1. The summed E-state index contributed by atoms with van der Waals surface area (Å²) < 4.78 is 19.0. The van der Waals surface area contributed by atoms with E-state index in [1.807, 2.05) is 12.1 Å². The summed E-state index contributed by atoms with van der Waals surface area (Å²) in [5.74, 6) is 0.679. The number of aliphatic imine (C=N–C) groups is 1. The number of benzene rings is 1. The Morgan fingerprint density at radius 3 is 2.68 bits per heavy atom. The van der Waals surface area contributed by atoms with Crippen molar-refractivity contribution in [1.82, 2.24) is 10.6 Å². The summed E-state index contributed by atoms with van der Waals surface area (Å²) >= 11 is 0. The molecule has 1 fully saturated rings. The van der Waals surface area contributed by atoms with Crippen LogP contribution in [0, 0.1) is 11.2 Å². The van der Waals surface area contributed by atoms with E-state index in [2.05, 4.69) is 17.6 Å². The van der Waals surface area contributed by atoms with E-state index in [-0.39, 0.29) is 11.2 Å². The topological polar surface area (TPSA) is 45.7 Å². The maximum atomic E-state index is 13.7. The van der Waals surface area contributed by atoms with Crippen LogP contribution in [-0.2, 0) is 11.2 Å². The zero-order chi connectivity index (χ0) is 18.0. The Kier molecular flexibility index (Phi) is 8.19. The molecule has 4 nitrogen and oxygen atoms in total. The molecule has 2 N–H and O–H groups in total. The van der Waals surface area contributed by atoms with E-state index < -0.39 is 0 Å². The summed E-state index contributed by atoms with van der Waals surface area (Å²) in [6.07, 6.45) is 6.75. The number of nitrogens with zero attached hydrogens (tertiary/aromatic N) is 1. The number of rotatable bonds is 9. The van der Waals surface area contributed by atoms with Crippen molar-refractivity contribution in [1.29, 1.82) is 0 Å². The molecule has 5 heteroatoms. The average Bonchev–Trinajstić information content (AvgIpc) is 3.09. The van der Waals surface area contributed by atoms with Gasteiger partial charge in [-0.3, -0.25) is 4.99 Å². The normalized spacial score (nSPS) is 16.8. The van der Waals surface area contributed by atoms with Gasteiger partial charge in [-0.2, -0.15) is 0 Å². The minimum absolute atomic E-state index is 0.143. The monoisotopic (exact) mass is 349 g/mol. The molecule has 1 aliphatic rings. The Hall–Kier alpha value is -1.62. The molecule has 0 atom stereocenters. The summed E-state index contributed by atoms with van der Waals surface area (Å²) in [7, 11) is 1.76. The molecule has 0 unspecified atom stereocenters. The molecule has 0 aromatic heterocycles. The molecule has 0 saturated heterocycles. The summed E-state index contributed by atoms with van der Waals surface area (Å²) in [6, 6.07) is 6.93. The SMILES string of the molecule is CCNC(=NCC1(CCOC)CCCC1)NCCc1ccccc1F. The van der Waals surface area contributed by atoms with E-state index in [0.29, 0.717) is 13.0 Å². The van der Waals surface area contributed by atoms with Gasteiger partial charge in [-0.1, -0.05) is 31.0 Å². The van der Waals surface area contributed by atoms with E-state index >= 15 is 0 Å². The Morgan fingerprint density at radius 1 is 1.24 bits per heavy atom. The lowest BCUT2D eigenvalue weighted by atomic mass is 9.83. The number of nitrogens with one attached hydrogen (secondary N) is 2. The first-order chi connectivity index (χ1) is 12.2. The van der Waals surface area contributed by atoms with Gasteiger partial charge in [0.2, 0.25) is 0 Å². The van der Waals surface area contributed by atoms with Crippen LogP contribution in [0.25, 0.3) is 0 Å². The lowest BCUT2D eigenvalue weighted by Gasteiger charge is -2.27. The second-order valence-electron chi connectivity index (χ2n) is 6.91. The van der Waals surface area contributed by atoms with Crippen molar-refractivity contribution in [3.63, 3.8) is 0 Å². The predicted molar refractivity (Wildman–Crippen MR) is 101 cm³/mol. The molecule has 0 bridgehead atoms. The largest absolute Gasteiger partial charge is 0.385 e. The van der Waals surface area contributed by atoms with Gasteiger partial charge in [0.1, 0.15) is 5.82 Å². The van der Waals surface area contributed by atoms with E-state index in [9.17, 15) is 4.39 Å². The molecule has 0 amide bonds. The summed E-state index contributed by atoms with van der Waals surface area (Å²) in [4.78, 5) is 4.82. The highest BCUT2D eigenvalue weighted by atomic mass is 19.1. The van der Waals surface area contributed by atoms with Gasteiger partial charge in [-0.05, 0) is 49.7 Å². The number of halogens is 1. The van der Waals surface area contributed by atoms with Crippen LogP contribution in [0.3, 0.4) is 0 Å². The molecule has 1 aliphatic carbocycles. The summed E-state index contributed by atoms with van der Waals surface area (Å²) in [5.41, 5.74) is 1.02. The third-order valence-electron chi connectivity index (χ3n) is 5.06. The number of hydrogen-bond acceptors (Lipinski definition) is 2. The molecule has 1 aromatic carbocycles. The molecule has 1 saturated carbocycles. The highest BCUT2D eigenvalue weighted by molar-refractivity contribution is 5.79. The Labute approximate surface area is 151 Å². The maximum absolute atomic E-state index is 13.7. The van der Waals surface area contributed by atoms with E-state index in [1.54, 1.807) is 13.2 Å². The fraction of sp³-hybridized carbons (Fsp3) is 0.650. The van der Waals surface area contributed by atoms with Crippen molar-refractivity contribution in [2.75, 3.05) is 33.4 Å². The van der Waals surface area contributed by atoms with E-state index in [0.717, 1.165) is 37.6 Å². The van der Waals surface area contributed by atoms with Crippen molar-refractivity contribution < 1.29 is 9.13 Å². The minimum Gasteiger partial charge on any atom is -0.385 e. The van der Waals surface area contributed by atoms with Gasteiger partial charge in [0.15, 0.2) is 5.96 Å². The third kappa shape index (κ3) is 6.31. The van der Waals surface area contributed by atoms with Crippen molar-refractivity contribution in [3.8, 4) is 0 Å².